The van der Waals surface area contributed by atoms with Gasteiger partial charge in [0.25, 0.3) is 0 Å². The van der Waals surface area contributed by atoms with Crippen molar-refractivity contribution in [1.82, 2.24) is 5.48 Å². The van der Waals surface area contributed by atoms with Crippen molar-refractivity contribution < 1.29 is 25.0 Å². The molecule has 0 aliphatic carbocycles. The van der Waals surface area contributed by atoms with E-state index in [2.05, 4.69) is 0 Å². The largest absolute Gasteiger partial charge is 0.479 e. The Bertz CT molecular complexity index is 199. The number of hydroxylamine groups is 1. The van der Waals surface area contributed by atoms with Crippen LogP contribution in [0.25, 0.3) is 0 Å². The number of hydrogen-bond donors (Lipinski definition) is 4. The average Bonchev–Trinajstić information content (AvgIpc) is 1.98. The van der Waals surface area contributed by atoms with Crippen LogP contribution in [0.1, 0.15) is 20.3 Å². The van der Waals surface area contributed by atoms with Crippen LogP contribution in [0.5, 0.6) is 0 Å². The lowest BCUT2D eigenvalue weighted by molar-refractivity contribution is -0.166. The van der Waals surface area contributed by atoms with Crippen molar-refractivity contribution in [1.29, 1.82) is 0 Å². The van der Waals surface area contributed by atoms with Crippen LogP contribution in [0.15, 0.2) is 0 Å². The first-order chi connectivity index (χ1) is 5.86. The predicted molar refractivity (Wildman–Crippen MR) is 42.4 cm³/mol. The highest BCUT2D eigenvalue weighted by Crippen LogP contribution is 2.17. The van der Waals surface area contributed by atoms with Crippen molar-refractivity contribution in [2.45, 2.75) is 25.8 Å². The molecular weight excluding hydrogens is 178 g/mol. The molecule has 0 unspecified atom stereocenters. The number of aliphatic carboxylic acids is 2. The van der Waals surface area contributed by atoms with Gasteiger partial charge in [0.2, 0.25) is 5.54 Å². The summed E-state index contributed by atoms with van der Waals surface area (Å²) < 4.78 is 0. The van der Waals surface area contributed by atoms with Gasteiger partial charge in [0, 0.05) is 0 Å². The molecule has 0 heterocycles. The molecule has 0 aliphatic rings. The minimum atomic E-state index is -2.30. The molecule has 0 amide bonds. The summed E-state index contributed by atoms with van der Waals surface area (Å²) in [4.78, 5) is 21.3. The van der Waals surface area contributed by atoms with Gasteiger partial charge in [-0.3, -0.25) is 0 Å². The van der Waals surface area contributed by atoms with Gasteiger partial charge in [0.1, 0.15) is 0 Å². The number of hydrogen-bond acceptors (Lipinski definition) is 4. The summed E-state index contributed by atoms with van der Waals surface area (Å²) in [5.74, 6) is -3.36. The van der Waals surface area contributed by atoms with Crippen LogP contribution in [0.3, 0.4) is 0 Å². The van der Waals surface area contributed by atoms with E-state index in [9.17, 15) is 9.59 Å². The van der Waals surface area contributed by atoms with Crippen molar-refractivity contribution in [2.24, 2.45) is 5.92 Å². The van der Waals surface area contributed by atoms with E-state index in [1.54, 1.807) is 13.8 Å². The molecule has 0 fully saturated rings. The molecular formula is C7H13NO5. The number of carboxylic acids is 2. The van der Waals surface area contributed by atoms with Crippen molar-refractivity contribution >= 4 is 11.9 Å². The molecule has 13 heavy (non-hydrogen) atoms. The van der Waals surface area contributed by atoms with Crippen LogP contribution in [-0.4, -0.2) is 32.9 Å². The molecule has 0 radical (unpaired) electrons. The van der Waals surface area contributed by atoms with Crippen LogP contribution >= 0.6 is 0 Å². The Morgan fingerprint density at radius 1 is 1.31 bits per heavy atom. The van der Waals surface area contributed by atoms with Crippen LogP contribution in [0.4, 0.5) is 0 Å². The van der Waals surface area contributed by atoms with E-state index in [0.29, 0.717) is 0 Å². The summed E-state index contributed by atoms with van der Waals surface area (Å²) in [6.45, 7) is 3.33. The molecule has 0 aromatic heterocycles. The van der Waals surface area contributed by atoms with Gasteiger partial charge in [-0.05, 0) is 12.3 Å². The standard InChI is InChI=1S/C7H13NO5/c1-4(2)3-7(8-13,5(9)10)6(11)12/h4,8,13H,3H2,1-2H3,(H,9,10)(H,11,12). The maximum atomic E-state index is 10.6. The second kappa shape index (κ2) is 4.20. The van der Waals surface area contributed by atoms with Gasteiger partial charge in [-0.2, -0.15) is 5.48 Å². The molecule has 0 aromatic rings. The number of carboxylic acid groups (broad SMARTS) is 2. The topological polar surface area (TPSA) is 107 Å². The minimum Gasteiger partial charge on any atom is -0.479 e. The lowest BCUT2D eigenvalue weighted by atomic mass is 9.90. The molecule has 0 spiro atoms. The highest BCUT2D eigenvalue weighted by Gasteiger charge is 2.46. The average molecular weight is 191 g/mol. The van der Waals surface area contributed by atoms with Crippen molar-refractivity contribution in [3.05, 3.63) is 0 Å². The first-order valence-electron chi connectivity index (χ1n) is 3.75. The van der Waals surface area contributed by atoms with Gasteiger partial charge in [0.05, 0.1) is 0 Å². The molecule has 0 saturated carbocycles. The molecule has 0 saturated heterocycles. The second-order valence-corrected chi connectivity index (χ2v) is 3.23. The summed E-state index contributed by atoms with van der Waals surface area (Å²) in [5, 5.41) is 25.8. The third-order valence-corrected chi connectivity index (χ3v) is 1.64. The van der Waals surface area contributed by atoms with Crippen LogP contribution in [0.2, 0.25) is 0 Å². The Morgan fingerprint density at radius 3 is 1.77 bits per heavy atom. The van der Waals surface area contributed by atoms with Gasteiger partial charge >= 0.3 is 11.9 Å². The maximum Gasteiger partial charge on any atom is 0.337 e. The maximum absolute atomic E-state index is 10.6. The van der Waals surface area contributed by atoms with E-state index in [1.165, 1.54) is 5.48 Å². The fourth-order valence-electron chi connectivity index (χ4n) is 1.02. The fraction of sp³-hybridized carbons (Fsp3) is 0.714. The molecule has 6 heteroatoms. The molecule has 4 N–H and O–H groups in total. The Labute approximate surface area is 75.1 Å². The van der Waals surface area contributed by atoms with Gasteiger partial charge in [-0.15, -0.1) is 0 Å². The highest BCUT2D eigenvalue weighted by molar-refractivity contribution is 6.02. The number of rotatable bonds is 5. The minimum absolute atomic E-state index is 0.160. The van der Waals surface area contributed by atoms with Gasteiger partial charge in [-0.1, -0.05) is 13.8 Å². The molecule has 76 valence electrons. The predicted octanol–water partition coefficient (Wildman–Crippen LogP) is -0.0807. The van der Waals surface area contributed by atoms with Gasteiger partial charge in [-0.25, -0.2) is 9.59 Å². The summed E-state index contributed by atoms with van der Waals surface area (Å²) >= 11 is 0. The lowest BCUT2D eigenvalue weighted by Crippen LogP contribution is -2.57. The Balaban J connectivity index is 4.87. The summed E-state index contributed by atoms with van der Waals surface area (Å²) in [6, 6.07) is 0. The van der Waals surface area contributed by atoms with E-state index < -0.39 is 17.5 Å². The van der Waals surface area contributed by atoms with Crippen LogP contribution in [-0.2, 0) is 9.59 Å². The molecule has 6 nitrogen and oxygen atoms in total. The third-order valence-electron chi connectivity index (χ3n) is 1.64. The Morgan fingerprint density at radius 2 is 1.69 bits per heavy atom. The van der Waals surface area contributed by atoms with E-state index in [4.69, 9.17) is 15.4 Å². The van der Waals surface area contributed by atoms with E-state index in [1.807, 2.05) is 0 Å². The number of carbonyl (C=O) groups is 2. The van der Waals surface area contributed by atoms with Crippen LogP contribution < -0.4 is 5.48 Å². The monoisotopic (exact) mass is 191 g/mol. The number of nitrogens with one attached hydrogen (secondary N) is 1. The van der Waals surface area contributed by atoms with Crippen LogP contribution in [0, 0.1) is 5.92 Å². The van der Waals surface area contributed by atoms with Gasteiger partial charge < -0.3 is 15.4 Å². The quantitative estimate of drug-likeness (QED) is 0.357. The highest BCUT2D eigenvalue weighted by atomic mass is 16.5. The zero-order valence-corrected chi connectivity index (χ0v) is 7.44. The third kappa shape index (κ3) is 2.40. The molecule has 0 bridgehead atoms. The van der Waals surface area contributed by atoms with Crippen molar-refractivity contribution in [3.8, 4) is 0 Å². The normalized spacial score (nSPS) is 11.7. The summed E-state index contributed by atoms with van der Waals surface area (Å²) in [5.41, 5.74) is -0.951. The van der Waals surface area contributed by atoms with Crippen molar-refractivity contribution in [2.75, 3.05) is 0 Å². The van der Waals surface area contributed by atoms with E-state index in [0.717, 1.165) is 0 Å². The lowest BCUT2D eigenvalue weighted by Gasteiger charge is -2.24. The molecule has 0 atom stereocenters. The first-order valence-corrected chi connectivity index (χ1v) is 3.75. The summed E-state index contributed by atoms with van der Waals surface area (Å²) in [7, 11) is 0. The molecule has 0 aliphatic heterocycles. The van der Waals surface area contributed by atoms with E-state index >= 15 is 0 Å². The zero-order chi connectivity index (χ0) is 10.6. The van der Waals surface area contributed by atoms with Crippen molar-refractivity contribution in [3.63, 3.8) is 0 Å². The molecule has 0 aromatic carbocycles. The molecule has 0 rings (SSSR count). The smallest absolute Gasteiger partial charge is 0.337 e. The fourth-order valence-corrected chi connectivity index (χ4v) is 1.02. The van der Waals surface area contributed by atoms with Gasteiger partial charge in [0.15, 0.2) is 0 Å². The Hall–Kier alpha value is -1.14. The Kier molecular flexibility index (Phi) is 3.83. The second-order valence-electron chi connectivity index (χ2n) is 3.23. The first kappa shape index (κ1) is 11.9. The zero-order valence-electron chi connectivity index (χ0n) is 7.44. The SMILES string of the molecule is CC(C)CC(NO)(C(=O)O)C(=O)O. The van der Waals surface area contributed by atoms with E-state index in [-0.39, 0.29) is 12.3 Å². The summed E-state index contributed by atoms with van der Waals surface area (Å²) in [6.07, 6.45) is -0.186.